The van der Waals surface area contributed by atoms with Gasteiger partial charge >= 0.3 is 0 Å². The van der Waals surface area contributed by atoms with E-state index in [-0.39, 0.29) is 0 Å². The maximum atomic E-state index is 5.48. The highest BCUT2D eigenvalue weighted by molar-refractivity contribution is 5.91. The minimum Gasteiger partial charge on any atom is -0.496 e. The lowest BCUT2D eigenvalue weighted by atomic mass is 9.91. The molecular formula is C18H25NO. The molecule has 0 radical (unpaired) electrons. The Morgan fingerprint density at radius 2 is 1.80 bits per heavy atom. The summed E-state index contributed by atoms with van der Waals surface area (Å²) in [5, 5.41) is 5.95. The SMILES string of the molecule is CCC(C)CC(NC)c1ccc(OC)c2ccccc12. The lowest BCUT2D eigenvalue weighted by Gasteiger charge is -2.22. The van der Waals surface area contributed by atoms with E-state index in [2.05, 4.69) is 55.6 Å². The molecule has 1 N–H and O–H groups in total. The van der Waals surface area contributed by atoms with Gasteiger partial charge in [0.25, 0.3) is 0 Å². The molecule has 0 aromatic heterocycles. The van der Waals surface area contributed by atoms with Crippen LogP contribution in [0.3, 0.4) is 0 Å². The largest absolute Gasteiger partial charge is 0.496 e. The van der Waals surface area contributed by atoms with Crippen molar-refractivity contribution in [1.82, 2.24) is 5.32 Å². The van der Waals surface area contributed by atoms with Crippen molar-refractivity contribution in [1.29, 1.82) is 0 Å². The van der Waals surface area contributed by atoms with Gasteiger partial charge in [-0.3, -0.25) is 0 Å². The quantitative estimate of drug-likeness (QED) is 0.832. The molecule has 0 heterocycles. The summed E-state index contributed by atoms with van der Waals surface area (Å²) in [5.41, 5.74) is 1.37. The van der Waals surface area contributed by atoms with Gasteiger partial charge in [0.1, 0.15) is 5.75 Å². The average Bonchev–Trinajstić information content (AvgIpc) is 2.51. The summed E-state index contributed by atoms with van der Waals surface area (Å²) < 4.78 is 5.48. The third-order valence-corrected chi connectivity index (χ3v) is 4.20. The highest BCUT2D eigenvalue weighted by Crippen LogP contribution is 2.33. The average molecular weight is 271 g/mol. The van der Waals surface area contributed by atoms with Crippen molar-refractivity contribution < 1.29 is 4.74 Å². The van der Waals surface area contributed by atoms with E-state index in [9.17, 15) is 0 Å². The van der Waals surface area contributed by atoms with Crippen molar-refractivity contribution in [3.05, 3.63) is 42.0 Å². The van der Waals surface area contributed by atoms with Crippen LogP contribution >= 0.6 is 0 Å². The highest BCUT2D eigenvalue weighted by Gasteiger charge is 2.16. The molecule has 0 amide bonds. The second kappa shape index (κ2) is 6.76. The maximum absolute atomic E-state index is 5.48. The van der Waals surface area contributed by atoms with Gasteiger partial charge in [-0.25, -0.2) is 0 Å². The van der Waals surface area contributed by atoms with Crippen LogP contribution in [0, 0.1) is 5.92 Å². The molecule has 2 nitrogen and oxygen atoms in total. The third-order valence-electron chi connectivity index (χ3n) is 4.20. The Bertz CT molecular complexity index is 564. The summed E-state index contributed by atoms with van der Waals surface area (Å²) in [6, 6.07) is 13.2. The molecule has 2 rings (SSSR count). The Balaban J connectivity index is 2.48. The molecule has 108 valence electrons. The van der Waals surface area contributed by atoms with E-state index in [0.29, 0.717) is 12.0 Å². The molecular weight excluding hydrogens is 246 g/mol. The van der Waals surface area contributed by atoms with Crippen molar-refractivity contribution in [2.45, 2.75) is 32.7 Å². The van der Waals surface area contributed by atoms with E-state index >= 15 is 0 Å². The van der Waals surface area contributed by atoms with E-state index in [1.807, 2.05) is 7.05 Å². The van der Waals surface area contributed by atoms with Gasteiger partial charge < -0.3 is 10.1 Å². The molecule has 2 heteroatoms. The Labute approximate surface area is 122 Å². The fourth-order valence-corrected chi connectivity index (χ4v) is 2.75. The summed E-state index contributed by atoms with van der Waals surface area (Å²) in [7, 11) is 3.78. The maximum Gasteiger partial charge on any atom is 0.126 e. The van der Waals surface area contributed by atoms with E-state index < -0.39 is 0 Å². The molecule has 0 aliphatic rings. The molecule has 0 saturated carbocycles. The first kappa shape index (κ1) is 14.9. The van der Waals surface area contributed by atoms with E-state index in [1.165, 1.54) is 22.8 Å². The monoisotopic (exact) mass is 271 g/mol. The van der Waals surface area contributed by atoms with Gasteiger partial charge in [0.05, 0.1) is 7.11 Å². The number of benzene rings is 2. The second-order valence-corrected chi connectivity index (χ2v) is 5.49. The summed E-state index contributed by atoms with van der Waals surface area (Å²) in [5.74, 6) is 1.66. The number of nitrogens with one attached hydrogen (secondary N) is 1. The van der Waals surface area contributed by atoms with Gasteiger partial charge in [0.2, 0.25) is 0 Å². The van der Waals surface area contributed by atoms with Crippen molar-refractivity contribution in [2.24, 2.45) is 5.92 Å². The van der Waals surface area contributed by atoms with Gasteiger partial charge in [-0.15, -0.1) is 0 Å². The first-order valence-corrected chi connectivity index (χ1v) is 7.44. The third kappa shape index (κ3) is 2.96. The second-order valence-electron chi connectivity index (χ2n) is 5.49. The summed E-state index contributed by atoms with van der Waals surface area (Å²) in [4.78, 5) is 0. The topological polar surface area (TPSA) is 21.3 Å². The lowest BCUT2D eigenvalue weighted by Crippen LogP contribution is -2.19. The lowest BCUT2D eigenvalue weighted by molar-refractivity contribution is 0.416. The molecule has 0 fully saturated rings. The van der Waals surface area contributed by atoms with Gasteiger partial charge in [-0.2, -0.15) is 0 Å². The van der Waals surface area contributed by atoms with Gasteiger partial charge in [0.15, 0.2) is 0 Å². The Morgan fingerprint density at radius 1 is 1.10 bits per heavy atom. The van der Waals surface area contributed by atoms with Crippen LogP contribution in [0.25, 0.3) is 10.8 Å². The standard InChI is InChI=1S/C18H25NO/c1-5-13(2)12-17(19-3)15-10-11-18(20-4)16-9-7-6-8-14(15)16/h6-11,13,17,19H,5,12H2,1-4H3. The molecule has 0 aliphatic carbocycles. The molecule has 0 aliphatic heterocycles. The van der Waals surface area contributed by atoms with Crippen LogP contribution in [0.5, 0.6) is 5.75 Å². The number of ether oxygens (including phenoxy) is 1. The molecule has 0 saturated heterocycles. The zero-order valence-electron chi connectivity index (χ0n) is 12.9. The fourth-order valence-electron chi connectivity index (χ4n) is 2.75. The molecule has 2 unspecified atom stereocenters. The normalized spacial score (nSPS) is 14.2. The zero-order valence-corrected chi connectivity index (χ0v) is 12.9. The molecule has 0 spiro atoms. The Hall–Kier alpha value is -1.54. The summed E-state index contributed by atoms with van der Waals surface area (Å²) >= 11 is 0. The van der Waals surface area contributed by atoms with Crippen molar-refractivity contribution >= 4 is 10.8 Å². The smallest absolute Gasteiger partial charge is 0.126 e. The first-order chi connectivity index (χ1) is 9.71. The number of rotatable bonds is 6. The number of fused-ring (bicyclic) bond motifs is 1. The van der Waals surface area contributed by atoms with Crippen LogP contribution in [0.4, 0.5) is 0 Å². The van der Waals surface area contributed by atoms with Crippen LogP contribution in [-0.4, -0.2) is 14.2 Å². The summed E-state index contributed by atoms with van der Waals surface area (Å²) in [6.07, 6.45) is 2.37. The van der Waals surface area contributed by atoms with E-state index in [1.54, 1.807) is 7.11 Å². The van der Waals surface area contributed by atoms with Crippen molar-refractivity contribution in [2.75, 3.05) is 14.2 Å². The van der Waals surface area contributed by atoms with Gasteiger partial charge in [-0.05, 0) is 36.4 Å². The number of hydrogen-bond acceptors (Lipinski definition) is 2. The fraction of sp³-hybridized carbons (Fsp3) is 0.444. The Morgan fingerprint density at radius 3 is 2.40 bits per heavy atom. The molecule has 2 aromatic carbocycles. The number of methoxy groups -OCH3 is 1. The van der Waals surface area contributed by atoms with E-state index in [4.69, 9.17) is 4.74 Å². The molecule has 2 atom stereocenters. The highest BCUT2D eigenvalue weighted by atomic mass is 16.5. The molecule has 0 bridgehead atoms. The van der Waals surface area contributed by atoms with Crippen LogP contribution in [0.2, 0.25) is 0 Å². The van der Waals surface area contributed by atoms with Gasteiger partial charge in [-0.1, -0.05) is 50.6 Å². The molecule has 2 aromatic rings. The predicted molar refractivity (Wildman–Crippen MR) is 86.4 cm³/mol. The zero-order chi connectivity index (χ0) is 14.5. The van der Waals surface area contributed by atoms with Crippen LogP contribution in [0.15, 0.2) is 36.4 Å². The van der Waals surface area contributed by atoms with Crippen molar-refractivity contribution in [3.8, 4) is 5.75 Å². The van der Waals surface area contributed by atoms with Crippen LogP contribution in [0.1, 0.15) is 38.3 Å². The predicted octanol–water partition coefficient (Wildman–Crippen LogP) is 4.55. The summed E-state index contributed by atoms with van der Waals surface area (Å²) in [6.45, 7) is 4.57. The van der Waals surface area contributed by atoms with Crippen LogP contribution in [-0.2, 0) is 0 Å². The Kier molecular flexibility index (Phi) is 5.02. The van der Waals surface area contributed by atoms with Crippen molar-refractivity contribution in [3.63, 3.8) is 0 Å². The van der Waals surface area contributed by atoms with Crippen LogP contribution < -0.4 is 10.1 Å². The van der Waals surface area contributed by atoms with Gasteiger partial charge in [0, 0.05) is 11.4 Å². The number of hydrogen-bond donors (Lipinski definition) is 1. The van der Waals surface area contributed by atoms with E-state index in [0.717, 1.165) is 12.2 Å². The molecule has 20 heavy (non-hydrogen) atoms. The first-order valence-electron chi connectivity index (χ1n) is 7.44. The minimum absolute atomic E-state index is 0.390. The minimum atomic E-state index is 0.390.